The molecule has 0 saturated heterocycles. The lowest BCUT2D eigenvalue weighted by Gasteiger charge is -2.21. The van der Waals surface area contributed by atoms with Crippen LogP contribution in [0.1, 0.15) is 18.7 Å². The minimum atomic E-state index is -0.594. The van der Waals surface area contributed by atoms with Crippen LogP contribution < -0.4 is 10.9 Å². The van der Waals surface area contributed by atoms with Crippen molar-refractivity contribution in [3.63, 3.8) is 0 Å². The van der Waals surface area contributed by atoms with Gasteiger partial charge in [0.05, 0.1) is 33.5 Å². The maximum Gasteiger partial charge on any atom is 0.266 e. The van der Waals surface area contributed by atoms with Gasteiger partial charge in [0.25, 0.3) is 5.56 Å². The molecule has 0 amide bonds. The molecule has 0 bridgehead atoms. The van der Waals surface area contributed by atoms with Crippen LogP contribution in [0.5, 0.6) is 0 Å². The molecule has 32 heavy (non-hydrogen) atoms. The topological polar surface area (TPSA) is 88.5 Å². The third-order valence-corrected chi connectivity index (χ3v) is 5.94. The number of nitrogens with one attached hydrogen (secondary N) is 2. The Hall–Kier alpha value is -3.49. The van der Waals surface area contributed by atoms with E-state index in [4.69, 9.17) is 23.2 Å². The Bertz CT molecular complexity index is 1550. The average Bonchev–Trinajstić information content (AvgIpc) is 3.25. The van der Waals surface area contributed by atoms with E-state index in [1.165, 1.54) is 23.3 Å². The average molecular weight is 469 g/mol. The minimum absolute atomic E-state index is 0.00693. The Morgan fingerprint density at radius 3 is 2.75 bits per heavy atom. The molecule has 0 fully saturated rings. The van der Waals surface area contributed by atoms with Crippen molar-refractivity contribution in [2.75, 3.05) is 5.32 Å². The number of fused-ring (bicyclic) bond motifs is 2. The van der Waals surface area contributed by atoms with Gasteiger partial charge < -0.3 is 10.3 Å². The van der Waals surface area contributed by atoms with Gasteiger partial charge in [0.1, 0.15) is 17.7 Å². The lowest BCUT2D eigenvalue weighted by molar-refractivity contribution is 0.637. The molecule has 0 aliphatic carbocycles. The molecule has 1 atom stereocenters. The first kappa shape index (κ1) is 20.4. The maximum absolute atomic E-state index is 14.6. The molecule has 0 saturated carbocycles. The van der Waals surface area contributed by atoms with Crippen molar-refractivity contribution in [3.05, 3.63) is 87.0 Å². The predicted octanol–water partition coefficient (Wildman–Crippen LogP) is 5.28. The Labute approximate surface area is 190 Å². The molecule has 5 aromatic rings. The summed E-state index contributed by atoms with van der Waals surface area (Å²) in [5.41, 5.74) is 1.69. The summed E-state index contributed by atoms with van der Waals surface area (Å²) in [5, 5.41) is 4.41. The van der Waals surface area contributed by atoms with Crippen LogP contribution in [-0.2, 0) is 0 Å². The quantitative estimate of drug-likeness (QED) is 0.374. The highest BCUT2D eigenvalue weighted by Gasteiger charge is 2.20. The number of benzene rings is 2. The van der Waals surface area contributed by atoms with Gasteiger partial charge in [-0.15, -0.1) is 0 Å². The first-order valence-corrected chi connectivity index (χ1v) is 10.4. The predicted molar refractivity (Wildman–Crippen MR) is 123 cm³/mol. The van der Waals surface area contributed by atoms with Crippen LogP contribution in [0.2, 0.25) is 10.0 Å². The van der Waals surface area contributed by atoms with Crippen LogP contribution in [0.15, 0.2) is 59.9 Å². The van der Waals surface area contributed by atoms with Gasteiger partial charge in [0.2, 0.25) is 0 Å². The number of aromatic nitrogens is 5. The summed E-state index contributed by atoms with van der Waals surface area (Å²) in [4.78, 5) is 29.0. The first-order chi connectivity index (χ1) is 15.4. The molecule has 0 aliphatic rings. The normalized spacial score (nSPS) is 12.4. The molecule has 2 aromatic carbocycles. The number of pyridine rings is 1. The molecule has 3 heterocycles. The molecule has 0 aliphatic heterocycles. The second kappa shape index (κ2) is 7.89. The molecular formula is C22H15Cl2FN6O. The van der Waals surface area contributed by atoms with Gasteiger partial charge in [0.15, 0.2) is 11.5 Å². The maximum atomic E-state index is 14.6. The number of H-pyrrole nitrogens is 1. The van der Waals surface area contributed by atoms with E-state index < -0.39 is 17.4 Å². The van der Waals surface area contributed by atoms with Crippen molar-refractivity contribution in [1.29, 1.82) is 0 Å². The number of aromatic amines is 1. The van der Waals surface area contributed by atoms with E-state index in [2.05, 4.69) is 25.3 Å². The van der Waals surface area contributed by atoms with Gasteiger partial charge in [-0.2, -0.15) is 0 Å². The Morgan fingerprint density at radius 1 is 1.09 bits per heavy atom. The van der Waals surface area contributed by atoms with Crippen molar-refractivity contribution in [2.24, 2.45) is 0 Å². The number of rotatable bonds is 4. The number of hydrogen-bond acceptors (Lipinski definition) is 5. The zero-order valence-electron chi connectivity index (χ0n) is 16.6. The summed E-state index contributed by atoms with van der Waals surface area (Å²) in [5.74, 6) is -0.0732. The van der Waals surface area contributed by atoms with Gasteiger partial charge in [-0.3, -0.25) is 9.36 Å². The lowest BCUT2D eigenvalue weighted by atomic mass is 10.1. The SMILES string of the molecule is CC(Nc1ncnc2nc[nH]c12)c1cc2cccc(F)c2c(=O)n1-c1ccc(Cl)c(Cl)c1. The summed E-state index contributed by atoms with van der Waals surface area (Å²) in [6, 6.07) is 10.7. The molecule has 160 valence electrons. The van der Waals surface area contributed by atoms with Gasteiger partial charge >= 0.3 is 0 Å². The van der Waals surface area contributed by atoms with Crippen LogP contribution in [0.4, 0.5) is 10.2 Å². The number of anilines is 1. The largest absolute Gasteiger partial charge is 0.360 e. The molecule has 10 heteroatoms. The van der Waals surface area contributed by atoms with Crippen LogP contribution in [-0.4, -0.2) is 24.5 Å². The Morgan fingerprint density at radius 2 is 1.94 bits per heavy atom. The first-order valence-electron chi connectivity index (χ1n) is 9.64. The zero-order chi connectivity index (χ0) is 22.4. The summed E-state index contributed by atoms with van der Waals surface area (Å²) in [6.45, 7) is 1.87. The van der Waals surface area contributed by atoms with Crippen molar-refractivity contribution < 1.29 is 4.39 Å². The highest BCUT2D eigenvalue weighted by atomic mass is 35.5. The van der Waals surface area contributed by atoms with Crippen LogP contribution in [0, 0.1) is 5.82 Å². The standard InChI is InChI=1S/C22H15Cl2FN6O/c1-11(30-21-19-20(27-9-26-19)28-10-29-21)17-7-12-3-2-4-16(25)18(12)22(32)31(17)13-5-6-14(23)15(24)8-13/h2-11H,1H3,(H2,26,27,28,29,30). The van der Waals surface area contributed by atoms with Crippen molar-refractivity contribution in [2.45, 2.75) is 13.0 Å². The minimum Gasteiger partial charge on any atom is -0.360 e. The van der Waals surface area contributed by atoms with Crippen molar-refractivity contribution >= 4 is 51.0 Å². The summed E-state index contributed by atoms with van der Waals surface area (Å²) >= 11 is 12.3. The summed E-state index contributed by atoms with van der Waals surface area (Å²) in [7, 11) is 0. The van der Waals surface area contributed by atoms with E-state index in [-0.39, 0.29) is 10.4 Å². The number of nitrogens with zero attached hydrogens (tertiary/aromatic N) is 4. The van der Waals surface area contributed by atoms with Gasteiger partial charge in [-0.05, 0) is 42.6 Å². The summed E-state index contributed by atoms with van der Waals surface area (Å²) in [6.07, 6.45) is 2.93. The highest BCUT2D eigenvalue weighted by molar-refractivity contribution is 6.42. The molecule has 7 nitrogen and oxygen atoms in total. The summed E-state index contributed by atoms with van der Waals surface area (Å²) < 4.78 is 16.0. The van der Waals surface area contributed by atoms with E-state index in [0.29, 0.717) is 38.8 Å². The van der Waals surface area contributed by atoms with Gasteiger partial charge in [-0.1, -0.05) is 35.3 Å². The molecular weight excluding hydrogens is 454 g/mol. The zero-order valence-corrected chi connectivity index (χ0v) is 18.1. The second-order valence-electron chi connectivity index (χ2n) is 7.20. The van der Waals surface area contributed by atoms with E-state index in [1.54, 1.807) is 36.4 Å². The number of imidazole rings is 1. The number of halogens is 3. The van der Waals surface area contributed by atoms with E-state index in [0.717, 1.165) is 0 Å². The van der Waals surface area contributed by atoms with Gasteiger partial charge in [0, 0.05) is 5.69 Å². The fourth-order valence-corrected chi connectivity index (χ4v) is 3.99. The Kier molecular flexibility index (Phi) is 5.03. The van der Waals surface area contributed by atoms with Crippen LogP contribution in [0.25, 0.3) is 27.6 Å². The lowest BCUT2D eigenvalue weighted by Crippen LogP contribution is -2.26. The van der Waals surface area contributed by atoms with Gasteiger partial charge in [-0.25, -0.2) is 19.3 Å². The third-order valence-electron chi connectivity index (χ3n) is 5.21. The molecule has 1 unspecified atom stereocenters. The fourth-order valence-electron chi connectivity index (χ4n) is 3.70. The highest BCUT2D eigenvalue weighted by Crippen LogP contribution is 2.29. The van der Waals surface area contributed by atoms with E-state index in [9.17, 15) is 9.18 Å². The second-order valence-corrected chi connectivity index (χ2v) is 8.02. The van der Waals surface area contributed by atoms with E-state index >= 15 is 0 Å². The Balaban J connectivity index is 1.73. The van der Waals surface area contributed by atoms with Crippen molar-refractivity contribution in [3.8, 4) is 5.69 Å². The molecule has 0 spiro atoms. The monoisotopic (exact) mass is 468 g/mol. The molecule has 5 rings (SSSR count). The van der Waals surface area contributed by atoms with Crippen LogP contribution in [0.3, 0.4) is 0 Å². The van der Waals surface area contributed by atoms with Crippen molar-refractivity contribution in [1.82, 2.24) is 24.5 Å². The number of hydrogen-bond donors (Lipinski definition) is 2. The van der Waals surface area contributed by atoms with Crippen LogP contribution >= 0.6 is 23.2 Å². The third kappa shape index (κ3) is 3.37. The molecule has 3 aromatic heterocycles. The van der Waals surface area contributed by atoms with E-state index in [1.807, 2.05) is 6.92 Å². The fraction of sp³-hybridized carbons (Fsp3) is 0.0909. The molecule has 2 N–H and O–H groups in total. The molecule has 0 radical (unpaired) electrons. The smallest absolute Gasteiger partial charge is 0.266 e.